The molecule has 1 fully saturated rings. The molecule has 3 aliphatic heterocycles. The maximum absolute atomic E-state index is 13.4. The number of hydrazine groups is 1. The van der Waals surface area contributed by atoms with Crippen LogP contribution >= 0.6 is 0 Å². The van der Waals surface area contributed by atoms with Gasteiger partial charge in [0.1, 0.15) is 12.1 Å². The summed E-state index contributed by atoms with van der Waals surface area (Å²) in [5.41, 5.74) is 0.749. The molecular formula is C25H19N3O6. The summed E-state index contributed by atoms with van der Waals surface area (Å²) in [5, 5.41) is 2.19. The fourth-order valence-electron chi connectivity index (χ4n) is 4.39. The number of allylic oxidation sites excluding steroid dienone is 2. The van der Waals surface area contributed by atoms with E-state index < -0.39 is 41.7 Å². The molecule has 5 rings (SSSR count). The largest absolute Gasteiger partial charge is 0.463 e. The fraction of sp³-hybridized carbons (Fsp3) is 0.160. The van der Waals surface area contributed by atoms with Crippen LogP contribution in [0.5, 0.6) is 0 Å². The Labute approximate surface area is 194 Å². The molecule has 0 aromatic heterocycles. The zero-order valence-electron chi connectivity index (χ0n) is 18.1. The van der Waals surface area contributed by atoms with Gasteiger partial charge in [-0.05, 0) is 43.3 Å². The molecule has 0 saturated carbocycles. The standard InChI is InChI=1S/C25H19N3O6/c1-2-34-25(33)18-13-8-14-26(21(29)15-9-4-3-5-10-15)28-19(18)20(24(28)32)27-22(30)16-11-6-7-12-17(16)23(27)31/h3-14,19-20H,2H2,1H3/t19-,20-/m1/s1. The number of nitrogens with zero attached hydrogens (tertiary/aromatic N) is 3. The molecule has 0 aliphatic carbocycles. The first-order valence-electron chi connectivity index (χ1n) is 10.7. The van der Waals surface area contributed by atoms with Crippen molar-refractivity contribution in [2.45, 2.75) is 19.0 Å². The van der Waals surface area contributed by atoms with Crippen LogP contribution in [0.15, 0.2) is 78.5 Å². The van der Waals surface area contributed by atoms with E-state index in [4.69, 9.17) is 4.74 Å². The smallest absolute Gasteiger partial charge is 0.336 e. The molecule has 34 heavy (non-hydrogen) atoms. The van der Waals surface area contributed by atoms with Crippen LogP contribution in [-0.2, 0) is 14.3 Å². The zero-order valence-corrected chi connectivity index (χ0v) is 18.1. The summed E-state index contributed by atoms with van der Waals surface area (Å²) >= 11 is 0. The number of esters is 1. The van der Waals surface area contributed by atoms with Crippen LogP contribution in [0.25, 0.3) is 0 Å². The predicted octanol–water partition coefficient (Wildman–Crippen LogP) is 1.94. The Hall–Kier alpha value is -4.53. The molecule has 0 bridgehead atoms. The highest BCUT2D eigenvalue weighted by Crippen LogP contribution is 2.38. The monoisotopic (exact) mass is 457 g/mol. The van der Waals surface area contributed by atoms with Crippen molar-refractivity contribution in [2.24, 2.45) is 0 Å². The average Bonchev–Trinajstić information content (AvgIpc) is 3.00. The lowest BCUT2D eigenvalue weighted by Crippen LogP contribution is -2.76. The van der Waals surface area contributed by atoms with Gasteiger partial charge in [0.2, 0.25) is 0 Å². The van der Waals surface area contributed by atoms with Gasteiger partial charge in [-0.15, -0.1) is 0 Å². The summed E-state index contributed by atoms with van der Waals surface area (Å²) < 4.78 is 5.16. The molecule has 0 radical (unpaired) electrons. The second-order valence-electron chi connectivity index (χ2n) is 7.80. The highest BCUT2D eigenvalue weighted by molar-refractivity contribution is 6.23. The number of amides is 4. The molecule has 0 unspecified atom stereocenters. The molecule has 0 spiro atoms. The zero-order chi connectivity index (χ0) is 24.0. The first kappa shape index (κ1) is 21.3. The van der Waals surface area contributed by atoms with E-state index in [0.717, 1.165) is 14.9 Å². The number of carbonyl (C=O) groups excluding carboxylic acids is 5. The summed E-state index contributed by atoms with van der Waals surface area (Å²) in [6.45, 7) is 1.73. The van der Waals surface area contributed by atoms with Crippen molar-refractivity contribution in [1.29, 1.82) is 0 Å². The summed E-state index contributed by atoms with van der Waals surface area (Å²) in [4.78, 5) is 66.5. The number of carbonyl (C=O) groups is 5. The van der Waals surface area contributed by atoms with Gasteiger partial charge in [0.15, 0.2) is 0 Å². The summed E-state index contributed by atoms with van der Waals surface area (Å²) in [6.07, 6.45) is 4.26. The topological polar surface area (TPSA) is 104 Å². The van der Waals surface area contributed by atoms with E-state index in [1.54, 1.807) is 49.4 Å². The molecule has 1 saturated heterocycles. The van der Waals surface area contributed by atoms with Gasteiger partial charge in [-0.2, -0.15) is 0 Å². The molecule has 0 N–H and O–H groups in total. The third-order valence-electron chi connectivity index (χ3n) is 5.94. The van der Waals surface area contributed by atoms with E-state index in [-0.39, 0.29) is 23.3 Å². The fourth-order valence-corrected chi connectivity index (χ4v) is 4.39. The van der Waals surface area contributed by atoms with Gasteiger partial charge in [-0.3, -0.25) is 24.1 Å². The Bertz CT molecular complexity index is 1260. The number of fused-ring (bicyclic) bond motifs is 2. The van der Waals surface area contributed by atoms with Crippen molar-refractivity contribution < 1.29 is 28.7 Å². The van der Waals surface area contributed by atoms with Crippen LogP contribution < -0.4 is 0 Å². The third kappa shape index (κ3) is 3.05. The van der Waals surface area contributed by atoms with Crippen LogP contribution in [0.2, 0.25) is 0 Å². The van der Waals surface area contributed by atoms with Crippen molar-refractivity contribution in [3.63, 3.8) is 0 Å². The number of rotatable bonds is 4. The Morgan fingerprint density at radius 1 is 0.882 bits per heavy atom. The van der Waals surface area contributed by atoms with E-state index in [2.05, 4.69) is 0 Å². The summed E-state index contributed by atoms with van der Waals surface area (Å²) in [5.74, 6) is -3.12. The molecular weight excluding hydrogens is 438 g/mol. The van der Waals surface area contributed by atoms with E-state index in [1.807, 2.05) is 0 Å². The number of ether oxygens (including phenoxy) is 1. The van der Waals surface area contributed by atoms with Crippen molar-refractivity contribution in [3.05, 3.63) is 95.2 Å². The lowest BCUT2D eigenvalue weighted by Gasteiger charge is -2.51. The molecule has 4 amide bonds. The molecule has 2 atom stereocenters. The Morgan fingerprint density at radius 3 is 2.12 bits per heavy atom. The Balaban J connectivity index is 1.55. The molecule has 2 aromatic rings. The Kier molecular flexibility index (Phi) is 5.09. The minimum Gasteiger partial charge on any atom is -0.463 e. The second kappa shape index (κ2) is 8.11. The van der Waals surface area contributed by atoms with Crippen molar-refractivity contribution in [2.75, 3.05) is 6.61 Å². The lowest BCUT2D eigenvalue weighted by molar-refractivity contribution is -0.173. The third-order valence-corrected chi connectivity index (χ3v) is 5.94. The van der Waals surface area contributed by atoms with Crippen molar-refractivity contribution in [1.82, 2.24) is 14.9 Å². The van der Waals surface area contributed by atoms with E-state index in [0.29, 0.717) is 5.56 Å². The highest BCUT2D eigenvalue weighted by atomic mass is 16.5. The van der Waals surface area contributed by atoms with Gasteiger partial charge < -0.3 is 4.74 Å². The van der Waals surface area contributed by atoms with Gasteiger partial charge in [0, 0.05) is 11.8 Å². The first-order chi connectivity index (χ1) is 16.5. The van der Waals surface area contributed by atoms with Crippen LogP contribution in [0, 0.1) is 0 Å². The molecule has 3 heterocycles. The number of hydrogen-bond acceptors (Lipinski definition) is 6. The average molecular weight is 457 g/mol. The van der Waals surface area contributed by atoms with Gasteiger partial charge in [0.05, 0.1) is 23.3 Å². The number of benzene rings is 2. The van der Waals surface area contributed by atoms with Crippen LogP contribution in [0.4, 0.5) is 0 Å². The molecule has 9 nitrogen and oxygen atoms in total. The number of β-lactam (4-membered cyclic amide) rings is 1. The number of imide groups is 1. The minimum atomic E-state index is -1.30. The summed E-state index contributed by atoms with van der Waals surface area (Å²) in [6, 6.07) is 12.2. The first-order valence-corrected chi connectivity index (χ1v) is 10.7. The van der Waals surface area contributed by atoms with Gasteiger partial charge in [0.25, 0.3) is 23.6 Å². The van der Waals surface area contributed by atoms with Crippen LogP contribution in [0.3, 0.4) is 0 Å². The second-order valence-corrected chi connectivity index (χ2v) is 7.80. The normalized spacial score (nSPS) is 20.9. The highest BCUT2D eigenvalue weighted by Gasteiger charge is 2.61. The van der Waals surface area contributed by atoms with E-state index in [1.165, 1.54) is 30.5 Å². The van der Waals surface area contributed by atoms with E-state index in [9.17, 15) is 24.0 Å². The van der Waals surface area contributed by atoms with Crippen molar-refractivity contribution >= 4 is 29.6 Å². The van der Waals surface area contributed by atoms with Gasteiger partial charge in [-0.1, -0.05) is 30.3 Å². The van der Waals surface area contributed by atoms with Crippen LogP contribution in [-0.4, -0.2) is 63.2 Å². The molecule has 3 aliphatic rings. The minimum absolute atomic E-state index is 0.0580. The maximum atomic E-state index is 13.4. The van der Waals surface area contributed by atoms with Crippen LogP contribution in [0.1, 0.15) is 38.0 Å². The SMILES string of the molecule is CCOC(=O)C1=CC=CN(C(=O)c2ccccc2)N2C(=O)[C@H](N3C(=O)c4ccccc4C3=O)[C@@H]12. The van der Waals surface area contributed by atoms with Gasteiger partial charge in [-0.25, -0.2) is 14.8 Å². The molecule has 2 aromatic carbocycles. The van der Waals surface area contributed by atoms with E-state index >= 15 is 0 Å². The quantitative estimate of drug-likeness (QED) is 0.395. The summed E-state index contributed by atoms with van der Waals surface area (Å²) in [7, 11) is 0. The predicted molar refractivity (Wildman–Crippen MR) is 118 cm³/mol. The Morgan fingerprint density at radius 2 is 1.50 bits per heavy atom. The van der Waals surface area contributed by atoms with Crippen molar-refractivity contribution in [3.8, 4) is 0 Å². The molecule has 9 heteroatoms. The lowest BCUT2D eigenvalue weighted by atomic mass is 9.88. The molecule has 170 valence electrons. The maximum Gasteiger partial charge on any atom is 0.336 e. The number of hydrogen-bond donors (Lipinski definition) is 0. The van der Waals surface area contributed by atoms with Gasteiger partial charge >= 0.3 is 5.97 Å².